The van der Waals surface area contributed by atoms with E-state index < -0.39 is 0 Å². The number of benzene rings is 1. The first-order valence-electron chi connectivity index (χ1n) is 7.55. The van der Waals surface area contributed by atoms with Crippen molar-refractivity contribution < 1.29 is 9.53 Å². The minimum atomic E-state index is -0.338. The number of amides is 2. The monoisotopic (exact) mass is 339 g/mol. The Hall–Kier alpha value is -3.49. The maximum atomic E-state index is 12.1. The first-order chi connectivity index (χ1) is 12.2. The van der Waals surface area contributed by atoms with Crippen molar-refractivity contribution in [1.82, 2.24) is 30.5 Å². The Kier molecular flexibility index (Phi) is 4.84. The molecule has 0 aliphatic carbocycles. The van der Waals surface area contributed by atoms with Crippen LogP contribution >= 0.6 is 0 Å². The van der Waals surface area contributed by atoms with Crippen LogP contribution in [0.1, 0.15) is 11.5 Å². The highest BCUT2D eigenvalue weighted by Gasteiger charge is 2.12. The number of rotatable bonds is 5. The number of hydrogen-bond donors (Lipinski definition) is 2. The van der Waals surface area contributed by atoms with Gasteiger partial charge in [0, 0.05) is 11.9 Å². The Morgan fingerprint density at radius 2 is 2.16 bits per heavy atom. The lowest BCUT2D eigenvalue weighted by atomic mass is 10.2. The van der Waals surface area contributed by atoms with Gasteiger partial charge >= 0.3 is 6.03 Å². The third-order valence-corrected chi connectivity index (χ3v) is 3.45. The van der Waals surface area contributed by atoms with Crippen LogP contribution in [0.5, 0.6) is 5.75 Å². The van der Waals surface area contributed by atoms with Crippen molar-refractivity contribution >= 4 is 11.7 Å². The first-order valence-corrected chi connectivity index (χ1v) is 7.55. The fourth-order valence-electron chi connectivity index (χ4n) is 2.24. The summed E-state index contributed by atoms with van der Waals surface area (Å²) in [4.78, 5) is 16.2. The third kappa shape index (κ3) is 3.89. The second-order valence-electron chi connectivity index (χ2n) is 5.15. The Labute approximate surface area is 144 Å². The number of hydrogen-bond acceptors (Lipinski definition) is 6. The van der Waals surface area contributed by atoms with Gasteiger partial charge in [-0.05, 0) is 47.7 Å². The second-order valence-corrected chi connectivity index (χ2v) is 5.15. The van der Waals surface area contributed by atoms with Crippen LogP contribution in [0.15, 0.2) is 42.6 Å². The summed E-state index contributed by atoms with van der Waals surface area (Å²) in [5.41, 5.74) is 1.99. The smallest absolute Gasteiger partial charge is 0.319 e. The van der Waals surface area contributed by atoms with Crippen molar-refractivity contribution in [3.8, 4) is 11.4 Å². The van der Waals surface area contributed by atoms with Gasteiger partial charge in [0.1, 0.15) is 11.4 Å². The van der Waals surface area contributed by atoms with E-state index in [0.717, 1.165) is 5.69 Å². The zero-order chi connectivity index (χ0) is 17.6. The van der Waals surface area contributed by atoms with Crippen LogP contribution in [-0.2, 0) is 6.54 Å². The molecule has 0 saturated heterocycles. The Morgan fingerprint density at radius 1 is 1.28 bits per heavy atom. The van der Waals surface area contributed by atoms with Crippen molar-refractivity contribution in [3.63, 3.8) is 0 Å². The number of pyridine rings is 1. The predicted octanol–water partition coefficient (Wildman–Crippen LogP) is 1.70. The summed E-state index contributed by atoms with van der Waals surface area (Å²) < 4.78 is 6.87. The SMILES string of the molecule is COc1ccc(NC(=O)NCc2ccccn2)cc1-n1nnnc1C. The van der Waals surface area contributed by atoms with Crippen molar-refractivity contribution in [2.75, 3.05) is 12.4 Å². The highest BCUT2D eigenvalue weighted by Crippen LogP contribution is 2.26. The lowest BCUT2D eigenvalue weighted by Crippen LogP contribution is -2.28. The fourth-order valence-corrected chi connectivity index (χ4v) is 2.24. The van der Waals surface area contributed by atoms with Crippen LogP contribution < -0.4 is 15.4 Å². The van der Waals surface area contributed by atoms with E-state index in [2.05, 4.69) is 31.1 Å². The van der Waals surface area contributed by atoms with Crippen LogP contribution in [0.3, 0.4) is 0 Å². The molecule has 0 spiro atoms. The molecule has 3 rings (SSSR count). The van der Waals surface area contributed by atoms with Crippen molar-refractivity contribution in [2.24, 2.45) is 0 Å². The molecule has 9 heteroatoms. The summed E-state index contributed by atoms with van der Waals surface area (Å²) in [6, 6.07) is 10.4. The van der Waals surface area contributed by atoms with Gasteiger partial charge in [0.05, 0.1) is 19.3 Å². The average molecular weight is 339 g/mol. The molecule has 2 amide bonds. The quantitative estimate of drug-likeness (QED) is 0.732. The molecular formula is C16H17N7O2. The number of urea groups is 1. The highest BCUT2D eigenvalue weighted by molar-refractivity contribution is 5.89. The van der Waals surface area contributed by atoms with Crippen LogP contribution in [0.4, 0.5) is 10.5 Å². The van der Waals surface area contributed by atoms with Gasteiger partial charge < -0.3 is 15.4 Å². The Balaban J connectivity index is 1.72. The number of tetrazole rings is 1. The maximum Gasteiger partial charge on any atom is 0.319 e. The number of ether oxygens (including phenoxy) is 1. The molecule has 25 heavy (non-hydrogen) atoms. The van der Waals surface area contributed by atoms with Gasteiger partial charge in [-0.3, -0.25) is 4.98 Å². The van der Waals surface area contributed by atoms with Gasteiger partial charge in [0.25, 0.3) is 0 Å². The molecular weight excluding hydrogens is 322 g/mol. The number of carbonyl (C=O) groups excluding carboxylic acids is 1. The van der Waals surface area contributed by atoms with E-state index in [4.69, 9.17) is 4.74 Å². The lowest BCUT2D eigenvalue weighted by molar-refractivity contribution is 0.251. The summed E-state index contributed by atoms with van der Waals surface area (Å²) in [7, 11) is 1.56. The van der Waals surface area contributed by atoms with E-state index in [-0.39, 0.29) is 6.03 Å². The molecule has 2 aromatic heterocycles. The molecule has 0 atom stereocenters. The molecule has 0 aliphatic heterocycles. The molecule has 128 valence electrons. The number of nitrogens with zero attached hydrogens (tertiary/aromatic N) is 5. The normalized spacial score (nSPS) is 10.3. The summed E-state index contributed by atoms with van der Waals surface area (Å²) in [6.07, 6.45) is 1.68. The van der Waals surface area contributed by atoms with E-state index in [1.54, 1.807) is 38.4 Å². The third-order valence-electron chi connectivity index (χ3n) is 3.45. The first kappa shape index (κ1) is 16.4. The molecule has 1 aromatic carbocycles. The van der Waals surface area contributed by atoms with Crippen molar-refractivity contribution in [3.05, 3.63) is 54.1 Å². The van der Waals surface area contributed by atoms with Crippen molar-refractivity contribution in [1.29, 1.82) is 0 Å². The molecule has 9 nitrogen and oxygen atoms in total. The minimum absolute atomic E-state index is 0.335. The van der Waals surface area contributed by atoms with E-state index in [0.29, 0.717) is 29.5 Å². The Morgan fingerprint density at radius 3 is 2.84 bits per heavy atom. The standard InChI is InChI=1S/C16H17N7O2/c1-11-20-21-22-23(11)14-9-12(6-7-15(14)25-2)19-16(24)18-10-13-5-3-4-8-17-13/h3-9H,10H2,1-2H3,(H2,18,19,24). The summed E-state index contributed by atoms with van der Waals surface area (Å²) >= 11 is 0. The van der Waals surface area contributed by atoms with Crippen molar-refractivity contribution in [2.45, 2.75) is 13.5 Å². The van der Waals surface area contributed by atoms with Crippen LogP contribution in [0, 0.1) is 6.92 Å². The molecule has 3 aromatic rings. The van der Waals surface area contributed by atoms with Gasteiger partial charge in [-0.25, -0.2) is 4.79 Å². The molecule has 0 bridgehead atoms. The number of aryl methyl sites for hydroxylation is 1. The second kappa shape index (κ2) is 7.39. The molecule has 2 heterocycles. The number of carbonyl (C=O) groups is 1. The zero-order valence-electron chi connectivity index (χ0n) is 13.8. The predicted molar refractivity (Wildman–Crippen MR) is 90.5 cm³/mol. The summed E-state index contributed by atoms with van der Waals surface area (Å²) in [6.45, 7) is 2.11. The van der Waals surface area contributed by atoms with E-state index >= 15 is 0 Å². The van der Waals surface area contributed by atoms with E-state index in [1.165, 1.54) is 4.68 Å². The van der Waals surface area contributed by atoms with Gasteiger partial charge in [0.2, 0.25) is 0 Å². The maximum absolute atomic E-state index is 12.1. The number of anilines is 1. The highest BCUT2D eigenvalue weighted by atomic mass is 16.5. The summed E-state index contributed by atoms with van der Waals surface area (Å²) in [5.74, 6) is 1.20. The van der Waals surface area contributed by atoms with Gasteiger partial charge in [-0.1, -0.05) is 6.07 Å². The number of nitrogens with one attached hydrogen (secondary N) is 2. The van der Waals surface area contributed by atoms with E-state index in [9.17, 15) is 4.79 Å². The van der Waals surface area contributed by atoms with Gasteiger partial charge in [-0.2, -0.15) is 4.68 Å². The number of methoxy groups -OCH3 is 1. The van der Waals surface area contributed by atoms with Crippen LogP contribution in [0.2, 0.25) is 0 Å². The summed E-state index contributed by atoms with van der Waals surface area (Å²) in [5, 5.41) is 16.9. The molecule has 0 aliphatic rings. The molecule has 0 unspecified atom stereocenters. The fraction of sp³-hybridized carbons (Fsp3) is 0.188. The number of aromatic nitrogens is 5. The molecule has 0 saturated carbocycles. The molecule has 0 fully saturated rings. The zero-order valence-corrected chi connectivity index (χ0v) is 13.8. The Bertz CT molecular complexity index is 864. The minimum Gasteiger partial charge on any atom is -0.494 e. The van der Waals surface area contributed by atoms with Crippen LogP contribution in [-0.4, -0.2) is 38.3 Å². The lowest BCUT2D eigenvalue weighted by Gasteiger charge is -2.12. The van der Waals surface area contributed by atoms with Crippen LogP contribution in [0.25, 0.3) is 5.69 Å². The molecule has 2 N–H and O–H groups in total. The largest absolute Gasteiger partial charge is 0.494 e. The average Bonchev–Trinajstić information content (AvgIpc) is 3.06. The van der Waals surface area contributed by atoms with E-state index in [1.807, 2.05) is 18.2 Å². The van der Waals surface area contributed by atoms with Gasteiger partial charge in [-0.15, -0.1) is 5.10 Å². The molecule has 0 radical (unpaired) electrons. The topological polar surface area (TPSA) is 107 Å². The van der Waals surface area contributed by atoms with Gasteiger partial charge in [0.15, 0.2) is 5.82 Å².